The van der Waals surface area contributed by atoms with Crippen LogP contribution >= 0.6 is 23.2 Å². The zero-order valence-corrected chi connectivity index (χ0v) is 11.7. The van der Waals surface area contributed by atoms with Gasteiger partial charge in [0.05, 0.1) is 32.3 Å². The molecular weight excluding hydrogens is 279 g/mol. The zero-order chi connectivity index (χ0) is 14.1. The summed E-state index contributed by atoms with van der Waals surface area (Å²) in [6.45, 7) is 5.16. The number of anilines is 1. The maximum absolute atomic E-state index is 10.6. The molecule has 0 saturated carbocycles. The van der Waals surface area contributed by atoms with Crippen molar-refractivity contribution in [2.45, 2.75) is 32.4 Å². The third-order valence-corrected chi connectivity index (χ3v) is 3.33. The molecule has 0 aliphatic heterocycles. The van der Waals surface area contributed by atoms with Crippen LogP contribution in [-0.4, -0.2) is 21.7 Å². The van der Waals surface area contributed by atoms with Gasteiger partial charge in [0.2, 0.25) is 0 Å². The molecule has 0 bridgehead atoms. The van der Waals surface area contributed by atoms with Crippen molar-refractivity contribution in [2.75, 3.05) is 5.32 Å². The first-order chi connectivity index (χ1) is 8.15. The molecule has 5 nitrogen and oxygen atoms in total. The lowest BCUT2D eigenvalue weighted by Crippen LogP contribution is -2.42. The second kappa shape index (κ2) is 5.30. The predicted octanol–water partition coefficient (Wildman–Crippen LogP) is 3.47. The Labute approximate surface area is 115 Å². The number of nitro benzene ring substituents is 1. The molecule has 1 aromatic rings. The topological polar surface area (TPSA) is 75.4 Å². The largest absolute Gasteiger partial charge is 0.391 e. The number of nitrogens with zero attached hydrogens (tertiary/aromatic N) is 1. The first kappa shape index (κ1) is 15.0. The number of aliphatic hydroxyl groups excluding tert-OH is 1. The van der Waals surface area contributed by atoms with Crippen molar-refractivity contribution >= 4 is 34.6 Å². The van der Waals surface area contributed by atoms with Gasteiger partial charge in [0.15, 0.2) is 0 Å². The third kappa shape index (κ3) is 3.25. The minimum absolute atomic E-state index is 0.142. The van der Waals surface area contributed by atoms with Gasteiger partial charge in [0.25, 0.3) is 5.69 Å². The number of nitro groups is 1. The monoisotopic (exact) mass is 292 g/mol. The molecule has 0 radical (unpaired) electrons. The van der Waals surface area contributed by atoms with E-state index in [4.69, 9.17) is 23.2 Å². The molecule has 1 unspecified atom stereocenters. The lowest BCUT2D eigenvalue weighted by Gasteiger charge is -2.31. The fourth-order valence-corrected chi connectivity index (χ4v) is 1.78. The summed E-state index contributed by atoms with van der Waals surface area (Å²) < 4.78 is 0. The third-order valence-electron chi connectivity index (χ3n) is 2.73. The van der Waals surface area contributed by atoms with Crippen LogP contribution in [0.5, 0.6) is 0 Å². The number of nitrogens with one attached hydrogen (secondary N) is 1. The number of aliphatic hydroxyl groups is 1. The van der Waals surface area contributed by atoms with Gasteiger partial charge in [-0.25, -0.2) is 0 Å². The molecule has 0 amide bonds. The van der Waals surface area contributed by atoms with E-state index in [2.05, 4.69) is 5.32 Å². The van der Waals surface area contributed by atoms with Crippen LogP contribution in [0, 0.1) is 10.1 Å². The molecule has 100 valence electrons. The summed E-state index contributed by atoms with van der Waals surface area (Å²) in [5, 5.41) is 23.5. The number of rotatable bonds is 4. The molecule has 7 heteroatoms. The Balaban J connectivity index is 3.16. The number of non-ortho nitro benzene ring substituents is 1. The summed E-state index contributed by atoms with van der Waals surface area (Å²) in [5.41, 5.74) is -0.469. The highest BCUT2D eigenvalue weighted by atomic mass is 35.5. The van der Waals surface area contributed by atoms with Crippen molar-refractivity contribution in [2.24, 2.45) is 0 Å². The van der Waals surface area contributed by atoms with Gasteiger partial charge in [-0.1, -0.05) is 23.2 Å². The Morgan fingerprint density at radius 1 is 1.39 bits per heavy atom. The van der Waals surface area contributed by atoms with E-state index in [-0.39, 0.29) is 15.7 Å². The first-order valence-electron chi connectivity index (χ1n) is 5.25. The van der Waals surface area contributed by atoms with Gasteiger partial charge in [0.1, 0.15) is 0 Å². The van der Waals surface area contributed by atoms with Gasteiger partial charge in [0, 0.05) is 12.1 Å². The van der Waals surface area contributed by atoms with E-state index in [1.807, 2.05) is 0 Å². The average molecular weight is 293 g/mol. The summed E-state index contributed by atoms with van der Waals surface area (Å²) >= 11 is 11.9. The lowest BCUT2D eigenvalue weighted by atomic mass is 9.98. The number of halogens is 2. The maximum atomic E-state index is 10.6. The number of hydrogen-bond acceptors (Lipinski definition) is 4. The molecule has 0 aliphatic carbocycles. The van der Waals surface area contributed by atoms with Crippen molar-refractivity contribution in [1.82, 2.24) is 0 Å². The lowest BCUT2D eigenvalue weighted by molar-refractivity contribution is -0.384. The minimum atomic E-state index is -0.663. The van der Waals surface area contributed by atoms with Crippen molar-refractivity contribution in [3.63, 3.8) is 0 Å². The van der Waals surface area contributed by atoms with E-state index < -0.39 is 16.6 Å². The summed E-state index contributed by atoms with van der Waals surface area (Å²) in [7, 11) is 0. The quantitative estimate of drug-likeness (QED) is 0.658. The maximum Gasteiger partial charge on any atom is 0.272 e. The Kier molecular flexibility index (Phi) is 4.42. The highest BCUT2D eigenvalue weighted by Gasteiger charge is 2.26. The molecule has 2 N–H and O–H groups in total. The van der Waals surface area contributed by atoms with Crippen molar-refractivity contribution in [3.05, 3.63) is 32.3 Å². The van der Waals surface area contributed by atoms with Crippen LogP contribution in [0.4, 0.5) is 11.4 Å². The Hall–Kier alpha value is -1.04. The van der Waals surface area contributed by atoms with Crippen LogP contribution in [0.15, 0.2) is 12.1 Å². The van der Waals surface area contributed by atoms with E-state index in [1.165, 1.54) is 12.1 Å². The van der Waals surface area contributed by atoms with Gasteiger partial charge in [-0.2, -0.15) is 0 Å². The molecule has 0 heterocycles. The second-order valence-electron chi connectivity index (χ2n) is 4.56. The molecule has 0 saturated heterocycles. The molecule has 1 atom stereocenters. The first-order valence-corrected chi connectivity index (χ1v) is 6.00. The van der Waals surface area contributed by atoms with Crippen LogP contribution in [0.2, 0.25) is 10.0 Å². The molecule has 0 aromatic heterocycles. The van der Waals surface area contributed by atoms with Gasteiger partial charge in [-0.05, 0) is 20.8 Å². The number of benzene rings is 1. The van der Waals surface area contributed by atoms with Crippen molar-refractivity contribution in [1.29, 1.82) is 0 Å². The van der Waals surface area contributed by atoms with E-state index in [1.54, 1.807) is 20.8 Å². The molecule has 0 aliphatic rings. The molecule has 18 heavy (non-hydrogen) atoms. The van der Waals surface area contributed by atoms with Crippen LogP contribution in [0.3, 0.4) is 0 Å². The average Bonchev–Trinajstić information content (AvgIpc) is 2.22. The van der Waals surface area contributed by atoms with Gasteiger partial charge in [-0.3, -0.25) is 10.1 Å². The van der Waals surface area contributed by atoms with Crippen LogP contribution in [0.25, 0.3) is 0 Å². The molecule has 0 fully saturated rings. The Morgan fingerprint density at radius 2 is 1.83 bits per heavy atom. The summed E-state index contributed by atoms with van der Waals surface area (Å²) in [5.74, 6) is 0. The summed E-state index contributed by atoms with van der Waals surface area (Å²) in [4.78, 5) is 10.1. The normalized spacial score (nSPS) is 13.2. The fourth-order valence-electron chi connectivity index (χ4n) is 1.21. The van der Waals surface area contributed by atoms with Crippen molar-refractivity contribution in [3.8, 4) is 0 Å². The highest BCUT2D eigenvalue weighted by molar-refractivity contribution is 6.39. The highest BCUT2D eigenvalue weighted by Crippen LogP contribution is 2.36. The van der Waals surface area contributed by atoms with E-state index >= 15 is 0 Å². The van der Waals surface area contributed by atoms with Crippen LogP contribution in [0.1, 0.15) is 20.8 Å². The molecule has 1 rings (SSSR count). The second-order valence-corrected chi connectivity index (χ2v) is 5.38. The van der Waals surface area contributed by atoms with Gasteiger partial charge >= 0.3 is 0 Å². The molecular formula is C11H14Cl2N2O3. The van der Waals surface area contributed by atoms with Crippen LogP contribution < -0.4 is 5.32 Å². The van der Waals surface area contributed by atoms with Gasteiger partial charge in [-0.15, -0.1) is 0 Å². The molecule has 1 aromatic carbocycles. The van der Waals surface area contributed by atoms with E-state index in [0.717, 1.165) is 0 Å². The SMILES string of the molecule is CC(O)C(C)(C)Nc1c(Cl)cc([N+](=O)[O-])cc1Cl. The Bertz CT molecular complexity index is 452. The predicted molar refractivity (Wildman–Crippen MR) is 72.5 cm³/mol. The van der Waals surface area contributed by atoms with Crippen LogP contribution in [-0.2, 0) is 0 Å². The summed E-state index contributed by atoms with van der Waals surface area (Å²) in [6, 6.07) is 2.43. The molecule has 0 spiro atoms. The number of hydrogen-bond donors (Lipinski definition) is 2. The standard InChI is InChI=1S/C11H14Cl2N2O3/c1-6(16)11(2,3)14-10-8(12)4-7(15(17)18)5-9(10)13/h4-6,14,16H,1-3H3. The van der Waals surface area contributed by atoms with E-state index in [9.17, 15) is 15.2 Å². The fraction of sp³-hybridized carbons (Fsp3) is 0.455. The zero-order valence-electron chi connectivity index (χ0n) is 10.2. The van der Waals surface area contributed by atoms with E-state index in [0.29, 0.717) is 5.69 Å². The smallest absolute Gasteiger partial charge is 0.272 e. The Morgan fingerprint density at radius 3 is 2.17 bits per heavy atom. The van der Waals surface area contributed by atoms with Crippen molar-refractivity contribution < 1.29 is 10.0 Å². The summed E-state index contributed by atoms with van der Waals surface area (Å²) in [6.07, 6.45) is -0.653. The minimum Gasteiger partial charge on any atom is -0.391 e. The van der Waals surface area contributed by atoms with Gasteiger partial charge < -0.3 is 10.4 Å².